The minimum atomic E-state index is -0.607. The van der Waals surface area contributed by atoms with Crippen LogP contribution in [0.1, 0.15) is 5.56 Å². The minimum Gasteiger partial charge on any atom is -0.320 e. The molecule has 2 heterocycles. The number of halogens is 2. The summed E-state index contributed by atoms with van der Waals surface area (Å²) in [7, 11) is 0. The number of para-hydroxylation sites is 1. The molecule has 4 aromatic rings. The van der Waals surface area contributed by atoms with Gasteiger partial charge in [0.25, 0.3) is 5.91 Å². The number of hydrogen-bond donors (Lipinski definition) is 1. The number of nitriles is 1. The van der Waals surface area contributed by atoms with E-state index in [4.69, 9.17) is 23.2 Å². The van der Waals surface area contributed by atoms with Crippen LogP contribution in [-0.4, -0.2) is 20.7 Å². The van der Waals surface area contributed by atoms with Crippen molar-refractivity contribution in [2.45, 2.75) is 0 Å². The average molecular weight is 460 g/mol. The zero-order valence-corrected chi connectivity index (χ0v) is 18.0. The van der Waals surface area contributed by atoms with Crippen molar-refractivity contribution in [1.82, 2.24) is 14.8 Å². The quantitative estimate of drug-likeness (QED) is 0.302. The van der Waals surface area contributed by atoms with Crippen LogP contribution in [0.2, 0.25) is 10.0 Å². The molecule has 32 heavy (non-hydrogen) atoms. The molecule has 0 saturated carbocycles. The molecule has 2 aromatic carbocycles. The number of pyridine rings is 1. The molecule has 0 unspecified atom stereocenters. The molecule has 0 saturated heterocycles. The highest BCUT2D eigenvalue weighted by Gasteiger charge is 2.16. The first-order chi connectivity index (χ1) is 15.5. The summed E-state index contributed by atoms with van der Waals surface area (Å²) in [6.45, 7) is 0. The SMILES string of the molecule is N#C/C(=C\c1cn(-c2ccccc2)nc1-c1ccncc1)C(=O)Nc1cc(Cl)ccc1Cl. The Morgan fingerprint density at radius 1 is 1.06 bits per heavy atom. The Kier molecular flexibility index (Phi) is 6.31. The van der Waals surface area contributed by atoms with E-state index in [1.54, 1.807) is 35.4 Å². The van der Waals surface area contributed by atoms with Crippen LogP contribution < -0.4 is 5.32 Å². The van der Waals surface area contributed by atoms with E-state index in [-0.39, 0.29) is 5.57 Å². The van der Waals surface area contributed by atoms with E-state index in [2.05, 4.69) is 15.4 Å². The maximum Gasteiger partial charge on any atom is 0.266 e. The number of carbonyl (C=O) groups is 1. The maximum absolute atomic E-state index is 12.8. The summed E-state index contributed by atoms with van der Waals surface area (Å²) in [5.74, 6) is -0.607. The average Bonchev–Trinajstić information content (AvgIpc) is 3.25. The molecule has 0 spiro atoms. The first kappa shape index (κ1) is 21.3. The summed E-state index contributed by atoms with van der Waals surface area (Å²) in [5.41, 5.74) is 3.07. The molecule has 0 radical (unpaired) electrons. The fraction of sp³-hybridized carbons (Fsp3) is 0. The number of anilines is 1. The molecule has 0 aliphatic carbocycles. The van der Waals surface area contributed by atoms with Gasteiger partial charge in [0.2, 0.25) is 0 Å². The monoisotopic (exact) mass is 459 g/mol. The van der Waals surface area contributed by atoms with Crippen LogP contribution in [0.4, 0.5) is 5.69 Å². The van der Waals surface area contributed by atoms with Crippen molar-refractivity contribution >= 4 is 40.9 Å². The Balaban J connectivity index is 1.75. The second-order valence-electron chi connectivity index (χ2n) is 6.70. The lowest BCUT2D eigenvalue weighted by Gasteiger charge is -2.07. The van der Waals surface area contributed by atoms with Crippen molar-refractivity contribution in [2.24, 2.45) is 0 Å². The zero-order chi connectivity index (χ0) is 22.5. The van der Waals surface area contributed by atoms with Crippen molar-refractivity contribution in [2.75, 3.05) is 5.32 Å². The van der Waals surface area contributed by atoms with E-state index in [1.807, 2.05) is 48.5 Å². The Bertz CT molecular complexity index is 1340. The van der Waals surface area contributed by atoms with Gasteiger partial charge in [0.15, 0.2) is 0 Å². The van der Waals surface area contributed by atoms with Crippen LogP contribution in [0.15, 0.2) is 84.8 Å². The third kappa shape index (κ3) is 4.70. The van der Waals surface area contributed by atoms with Crippen molar-refractivity contribution < 1.29 is 4.79 Å². The number of hydrogen-bond acceptors (Lipinski definition) is 4. The molecule has 0 aliphatic rings. The second-order valence-corrected chi connectivity index (χ2v) is 7.54. The largest absolute Gasteiger partial charge is 0.320 e. The smallest absolute Gasteiger partial charge is 0.266 e. The standard InChI is InChI=1S/C24H15Cl2N5O/c25-19-6-7-21(26)22(13-19)29-24(32)17(14-27)12-18-15-31(20-4-2-1-3-5-20)30-23(18)16-8-10-28-11-9-16/h1-13,15H,(H,29,32)/b17-12+. The van der Waals surface area contributed by atoms with E-state index in [1.165, 1.54) is 12.1 Å². The number of carbonyl (C=O) groups excluding carboxylic acids is 1. The molecule has 0 fully saturated rings. The van der Waals surface area contributed by atoms with Crippen molar-refractivity contribution in [3.63, 3.8) is 0 Å². The molecule has 0 atom stereocenters. The van der Waals surface area contributed by atoms with E-state index in [0.717, 1.165) is 11.3 Å². The minimum absolute atomic E-state index is 0.107. The molecule has 1 amide bonds. The third-order valence-corrected chi connectivity index (χ3v) is 5.12. The van der Waals surface area contributed by atoms with Gasteiger partial charge >= 0.3 is 0 Å². The Morgan fingerprint density at radius 3 is 2.53 bits per heavy atom. The van der Waals surface area contributed by atoms with Gasteiger partial charge < -0.3 is 5.32 Å². The van der Waals surface area contributed by atoms with Gasteiger partial charge in [0, 0.05) is 34.7 Å². The summed E-state index contributed by atoms with van der Waals surface area (Å²) < 4.78 is 1.70. The number of amides is 1. The Hall–Kier alpha value is -3.92. The second kappa shape index (κ2) is 9.48. The van der Waals surface area contributed by atoms with Gasteiger partial charge in [-0.25, -0.2) is 4.68 Å². The molecule has 6 nitrogen and oxygen atoms in total. The van der Waals surface area contributed by atoms with Crippen LogP contribution in [0.3, 0.4) is 0 Å². The maximum atomic E-state index is 12.8. The third-order valence-electron chi connectivity index (χ3n) is 4.56. The lowest BCUT2D eigenvalue weighted by atomic mass is 10.1. The molecule has 0 aliphatic heterocycles. The summed E-state index contributed by atoms with van der Waals surface area (Å²) >= 11 is 12.1. The van der Waals surface area contributed by atoms with E-state index < -0.39 is 5.91 Å². The van der Waals surface area contributed by atoms with Crippen molar-refractivity contribution in [1.29, 1.82) is 5.26 Å². The number of nitrogens with zero attached hydrogens (tertiary/aromatic N) is 4. The van der Waals surface area contributed by atoms with Gasteiger partial charge in [-0.2, -0.15) is 10.4 Å². The van der Waals surface area contributed by atoms with Gasteiger partial charge in [0.1, 0.15) is 17.3 Å². The van der Waals surface area contributed by atoms with Crippen LogP contribution in [0.5, 0.6) is 0 Å². The molecular formula is C24H15Cl2N5O. The van der Waals surface area contributed by atoms with Crippen LogP contribution in [0, 0.1) is 11.3 Å². The lowest BCUT2D eigenvalue weighted by Crippen LogP contribution is -2.13. The van der Waals surface area contributed by atoms with E-state index >= 15 is 0 Å². The molecule has 2 aromatic heterocycles. The molecule has 156 valence electrons. The fourth-order valence-corrected chi connectivity index (χ4v) is 3.36. The number of nitrogens with one attached hydrogen (secondary N) is 1. The number of aromatic nitrogens is 3. The molecule has 0 bridgehead atoms. The highest BCUT2D eigenvalue weighted by atomic mass is 35.5. The Labute approximate surface area is 194 Å². The number of rotatable bonds is 5. The van der Waals surface area contributed by atoms with Gasteiger partial charge in [-0.05, 0) is 48.5 Å². The lowest BCUT2D eigenvalue weighted by molar-refractivity contribution is -0.112. The fourth-order valence-electron chi connectivity index (χ4n) is 3.03. The normalized spacial score (nSPS) is 11.1. The molecular weight excluding hydrogens is 445 g/mol. The molecule has 4 rings (SSSR count). The van der Waals surface area contributed by atoms with Crippen molar-refractivity contribution in [3.05, 3.63) is 100 Å². The van der Waals surface area contributed by atoms with Gasteiger partial charge in [-0.1, -0.05) is 41.4 Å². The van der Waals surface area contributed by atoms with Gasteiger partial charge in [0.05, 0.1) is 16.4 Å². The summed E-state index contributed by atoms with van der Waals surface area (Å²) in [6, 6.07) is 19.8. The van der Waals surface area contributed by atoms with Crippen LogP contribution in [0.25, 0.3) is 23.0 Å². The summed E-state index contributed by atoms with van der Waals surface area (Å²) in [4.78, 5) is 16.8. The zero-order valence-electron chi connectivity index (χ0n) is 16.5. The van der Waals surface area contributed by atoms with Crippen LogP contribution >= 0.6 is 23.2 Å². The van der Waals surface area contributed by atoms with Gasteiger partial charge in [-0.15, -0.1) is 0 Å². The summed E-state index contributed by atoms with van der Waals surface area (Å²) in [6.07, 6.45) is 6.57. The first-order valence-corrected chi connectivity index (χ1v) is 10.2. The number of benzene rings is 2. The highest BCUT2D eigenvalue weighted by Crippen LogP contribution is 2.28. The summed E-state index contributed by atoms with van der Waals surface area (Å²) in [5, 5.41) is 17.7. The van der Waals surface area contributed by atoms with Crippen LogP contribution in [-0.2, 0) is 4.79 Å². The van der Waals surface area contributed by atoms with Gasteiger partial charge in [-0.3, -0.25) is 9.78 Å². The Morgan fingerprint density at radius 2 is 1.81 bits per heavy atom. The first-order valence-electron chi connectivity index (χ1n) is 9.49. The predicted octanol–water partition coefficient (Wildman–Crippen LogP) is 5.79. The van der Waals surface area contributed by atoms with E-state index in [9.17, 15) is 10.1 Å². The predicted molar refractivity (Wildman–Crippen MR) is 125 cm³/mol. The molecule has 8 heteroatoms. The highest BCUT2D eigenvalue weighted by molar-refractivity contribution is 6.36. The van der Waals surface area contributed by atoms with E-state index in [0.29, 0.717) is 27.0 Å². The topological polar surface area (TPSA) is 83.6 Å². The van der Waals surface area contributed by atoms with Crippen molar-refractivity contribution in [3.8, 4) is 23.0 Å². The molecule has 1 N–H and O–H groups in total.